The van der Waals surface area contributed by atoms with Crippen LogP contribution in [0.2, 0.25) is 0 Å². The van der Waals surface area contributed by atoms with Crippen molar-refractivity contribution in [1.29, 1.82) is 0 Å². The maximum Gasteiger partial charge on any atom is 0.230 e. The molecule has 0 atom stereocenters. The maximum atomic E-state index is 10.9. The van der Waals surface area contributed by atoms with Crippen LogP contribution in [0, 0.1) is 11.8 Å². The number of hydrogen-bond donors (Lipinski definition) is 0. The highest BCUT2D eigenvalue weighted by Crippen LogP contribution is 2.09. The van der Waals surface area contributed by atoms with Crippen LogP contribution in [0.5, 0.6) is 0 Å². The predicted octanol–water partition coefficient (Wildman–Crippen LogP) is 0.159. The normalized spacial score (nSPS) is 16.6. The van der Waals surface area contributed by atoms with Crippen LogP contribution in [0.3, 0.4) is 0 Å². The molecule has 58 valence electrons. The van der Waals surface area contributed by atoms with E-state index in [-0.39, 0.29) is 18.4 Å². The molecule has 1 rings (SSSR count). The van der Waals surface area contributed by atoms with Gasteiger partial charge in [-0.1, -0.05) is 5.92 Å². The van der Waals surface area contributed by atoms with E-state index >= 15 is 0 Å². The van der Waals surface area contributed by atoms with E-state index in [9.17, 15) is 9.59 Å². The van der Waals surface area contributed by atoms with E-state index in [2.05, 4.69) is 11.8 Å². The first-order valence-corrected chi connectivity index (χ1v) is 3.48. The lowest BCUT2D eigenvalue weighted by Gasteiger charge is -2.07. The van der Waals surface area contributed by atoms with Gasteiger partial charge >= 0.3 is 0 Å². The molecular weight excluding hydrogens is 142 g/mol. The van der Waals surface area contributed by atoms with Gasteiger partial charge in [0.05, 0.1) is 6.54 Å². The molecule has 0 aromatic heterocycles. The van der Waals surface area contributed by atoms with Crippen LogP contribution in [-0.4, -0.2) is 23.3 Å². The van der Waals surface area contributed by atoms with Crippen molar-refractivity contribution >= 4 is 11.8 Å². The monoisotopic (exact) mass is 151 g/mol. The molecule has 3 heteroatoms. The summed E-state index contributed by atoms with van der Waals surface area (Å²) in [5.41, 5.74) is 0. The number of likely N-dealkylation sites (tertiary alicyclic amines) is 1. The lowest BCUT2D eigenvalue weighted by Crippen LogP contribution is -2.29. The number of carbonyl (C=O) groups excluding carboxylic acids is 2. The van der Waals surface area contributed by atoms with Gasteiger partial charge in [0.1, 0.15) is 0 Å². The summed E-state index contributed by atoms with van der Waals surface area (Å²) in [6, 6.07) is 0. The van der Waals surface area contributed by atoms with E-state index in [1.54, 1.807) is 6.92 Å². The lowest BCUT2D eigenvalue weighted by atomic mass is 10.4. The van der Waals surface area contributed by atoms with Crippen molar-refractivity contribution in [3.05, 3.63) is 0 Å². The third-order valence-corrected chi connectivity index (χ3v) is 1.57. The molecule has 0 N–H and O–H groups in total. The summed E-state index contributed by atoms with van der Waals surface area (Å²) >= 11 is 0. The molecule has 0 radical (unpaired) electrons. The SMILES string of the molecule is CC#CCN1C(=O)CCC1=O. The summed E-state index contributed by atoms with van der Waals surface area (Å²) in [7, 11) is 0. The van der Waals surface area contributed by atoms with Gasteiger partial charge in [-0.2, -0.15) is 0 Å². The number of hydrogen-bond acceptors (Lipinski definition) is 2. The molecule has 1 heterocycles. The number of amides is 2. The van der Waals surface area contributed by atoms with Crippen LogP contribution in [0.4, 0.5) is 0 Å². The van der Waals surface area contributed by atoms with Gasteiger partial charge < -0.3 is 0 Å². The van der Waals surface area contributed by atoms with Gasteiger partial charge in [-0.25, -0.2) is 0 Å². The van der Waals surface area contributed by atoms with Gasteiger partial charge in [0.2, 0.25) is 11.8 Å². The molecule has 2 amide bonds. The predicted molar refractivity (Wildman–Crippen MR) is 39.4 cm³/mol. The topological polar surface area (TPSA) is 37.4 Å². The Morgan fingerprint density at radius 3 is 2.36 bits per heavy atom. The third-order valence-electron chi connectivity index (χ3n) is 1.57. The van der Waals surface area contributed by atoms with Crippen LogP contribution >= 0.6 is 0 Å². The standard InChI is InChI=1S/C8H9NO2/c1-2-3-6-9-7(10)4-5-8(9)11/h4-6H2,1H3. The second-order valence-electron chi connectivity index (χ2n) is 2.30. The highest BCUT2D eigenvalue weighted by atomic mass is 16.2. The van der Waals surface area contributed by atoms with Gasteiger partial charge in [0.25, 0.3) is 0 Å². The van der Waals surface area contributed by atoms with Crippen molar-refractivity contribution in [3.63, 3.8) is 0 Å². The largest absolute Gasteiger partial charge is 0.274 e. The van der Waals surface area contributed by atoms with Crippen molar-refractivity contribution in [1.82, 2.24) is 4.90 Å². The second-order valence-corrected chi connectivity index (χ2v) is 2.30. The molecule has 0 aromatic carbocycles. The molecule has 0 bridgehead atoms. The van der Waals surface area contributed by atoms with Crippen molar-refractivity contribution in [2.75, 3.05) is 6.54 Å². The third kappa shape index (κ3) is 1.58. The molecular formula is C8H9NO2. The van der Waals surface area contributed by atoms with Gasteiger partial charge in [0.15, 0.2) is 0 Å². The van der Waals surface area contributed by atoms with Crippen molar-refractivity contribution in [3.8, 4) is 11.8 Å². The first-order chi connectivity index (χ1) is 5.25. The fourth-order valence-electron chi connectivity index (χ4n) is 0.957. The molecule has 1 aliphatic rings. The Hall–Kier alpha value is -1.30. The Bertz CT molecular complexity index is 231. The number of nitrogens with zero attached hydrogens (tertiary/aromatic N) is 1. The molecule has 0 spiro atoms. The van der Waals surface area contributed by atoms with Crippen LogP contribution in [0.15, 0.2) is 0 Å². The number of imide groups is 1. The molecule has 0 aromatic rings. The van der Waals surface area contributed by atoms with E-state index in [1.165, 1.54) is 4.90 Å². The molecule has 1 saturated heterocycles. The fourth-order valence-corrected chi connectivity index (χ4v) is 0.957. The van der Waals surface area contributed by atoms with Crippen molar-refractivity contribution in [2.45, 2.75) is 19.8 Å². The first-order valence-electron chi connectivity index (χ1n) is 3.48. The first kappa shape index (κ1) is 7.80. The molecule has 0 saturated carbocycles. The zero-order valence-electron chi connectivity index (χ0n) is 6.39. The Morgan fingerprint density at radius 1 is 1.36 bits per heavy atom. The van der Waals surface area contributed by atoms with Gasteiger partial charge in [-0.05, 0) is 6.92 Å². The Kier molecular flexibility index (Phi) is 2.27. The zero-order chi connectivity index (χ0) is 8.27. The van der Waals surface area contributed by atoms with E-state index in [0.29, 0.717) is 12.8 Å². The fraction of sp³-hybridized carbons (Fsp3) is 0.500. The van der Waals surface area contributed by atoms with Gasteiger partial charge in [0, 0.05) is 12.8 Å². The van der Waals surface area contributed by atoms with E-state index in [0.717, 1.165) is 0 Å². The van der Waals surface area contributed by atoms with Crippen molar-refractivity contribution in [2.24, 2.45) is 0 Å². The smallest absolute Gasteiger partial charge is 0.230 e. The molecule has 0 aliphatic carbocycles. The number of rotatable bonds is 1. The highest BCUT2D eigenvalue weighted by Gasteiger charge is 2.27. The average molecular weight is 151 g/mol. The van der Waals surface area contributed by atoms with Crippen LogP contribution in [0.25, 0.3) is 0 Å². The summed E-state index contributed by atoms with van der Waals surface area (Å²) in [6.45, 7) is 1.94. The summed E-state index contributed by atoms with van der Waals surface area (Å²) < 4.78 is 0. The average Bonchev–Trinajstić information content (AvgIpc) is 2.29. The van der Waals surface area contributed by atoms with E-state index < -0.39 is 0 Å². The Morgan fingerprint density at radius 2 is 1.91 bits per heavy atom. The van der Waals surface area contributed by atoms with E-state index in [1.807, 2.05) is 0 Å². The quantitative estimate of drug-likeness (QED) is 0.395. The van der Waals surface area contributed by atoms with E-state index in [4.69, 9.17) is 0 Å². The highest BCUT2D eigenvalue weighted by molar-refractivity contribution is 6.02. The van der Waals surface area contributed by atoms with Crippen LogP contribution in [-0.2, 0) is 9.59 Å². The van der Waals surface area contributed by atoms with Crippen LogP contribution in [0.1, 0.15) is 19.8 Å². The Labute approximate surface area is 65.4 Å². The molecule has 3 nitrogen and oxygen atoms in total. The summed E-state index contributed by atoms with van der Waals surface area (Å²) in [5, 5.41) is 0. The minimum atomic E-state index is -0.0993. The molecule has 1 aliphatic heterocycles. The maximum absolute atomic E-state index is 10.9. The summed E-state index contributed by atoms with van der Waals surface area (Å²) in [4.78, 5) is 23.1. The minimum absolute atomic E-state index is 0.0993. The minimum Gasteiger partial charge on any atom is -0.274 e. The van der Waals surface area contributed by atoms with Gasteiger partial charge in [-0.15, -0.1) is 5.92 Å². The zero-order valence-corrected chi connectivity index (χ0v) is 6.39. The summed E-state index contributed by atoms with van der Waals surface area (Å²) in [5.74, 6) is 5.13. The summed E-state index contributed by atoms with van der Waals surface area (Å²) in [6.07, 6.45) is 0.703. The molecule has 0 unspecified atom stereocenters. The van der Waals surface area contributed by atoms with Crippen molar-refractivity contribution < 1.29 is 9.59 Å². The van der Waals surface area contributed by atoms with Crippen LogP contribution < -0.4 is 0 Å². The van der Waals surface area contributed by atoms with Gasteiger partial charge in [-0.3, -0.25) is 14.5 Å². The Balaban J connectivity index is 2.59. The molecule has 1 fully saturated rings. The second kappa shape index (κ2) is 3.20. The number of carbonyl (C=O) groups is 2. The lowest BCUT2D eigenvalue weighted by molar-refractivity contribution is -0.137. The molecule has 11 heavy (non-hydrogen) atoms.